The van der Waals surface area contributed by atoms with Crippen LogP contribution in [0.2, 0.25) is 0 Å². The third-order valence-electron chi connectivity index (χ3n) is 6.95. The average Bonchev–Trinajstić information content (AvgIpc) is 3.07. The van der Waals surface area contributed by atoms with Gasteiger partial charge in [-0.2, -0.15) is 0 Å². The molecule has 1 saturated carbocycles. The van der Waals surface area contributed by atoms with E-state index in [-0.39, 0.29) is 6.42 Å². The van der Waals surface area contributed by atoms with Crippen molar-refractivity contribution in [2.24, 2.45) is 17.2 Å². The van der Waals surface area contributed by atoms with E-state index in [4.69, 9.17) is 36.1 Å². The SMILES string of the molecule is C[C@H](N)[C@H]1OC[C@@](O)(OC2C(O)[C@H](NS(C)(=O)=O)CC(N)[C@H]2O[C@H]2OC([C@@H](C)O)[C@@H](O)C(O)C2N)C1O. The average molecular weight is 561 g/mol. The highest BCUT2D eigenvalue weighted by molar-refractivity contribution is 7.88. The van der Waals surface area contributed by atoms with Crippen molar-refractivity contribution in [2.45, 2.75) is 111 Å². The molecule has 1 aliphatic carbocycles. The smallest absolute Gasteiger partial charge is 0.219 e. The molecule has 2 aliphatic heterocycles. The Kier molecular flexibility index (Phi) is 9.59. The number of nitrogens with two attached hydrogens (primary N) is 3. The van der Waals surface area contributed by atoms with E-state index in [0.29, 0.717) is 0 Å². The molecule has 3 fully saturated rings. The highest BCUT2D eigenvalue weighted by atomic mass is 32.2. The maximum Gasteiger partial charge on any atom is 0.219 e. The van der Waals surface area contributed by atoms with Gasteiger partial charge in [-0.05, 0) is 20.3 Å². The lowest BCUT2D eigenvalue weighted by Crippen LogP contribution is -2.70. The molecule has 37 heavy (non-hydrogen) atoms. The topological polar surface area (TPSA) is 283 Å². The number of aliphatic hydroxyl groups is 6. The van der Waals surface area contributed by atoms with E-state index in [1.165, 1.54) is 6.92 Å². The Balaban J connectivity index is 1.91. The van der Waals surface area contributed by atoms with E-state index in [2.05, 4.69) is 4.72 Å². The molecule has 16 nitrogen and oxygen atoms in total. The molecule has 0 bridgehead atoms. The first-order valence-electron chi connectivity index (χ1n) is 11.9. The van der Waals surface area contributed by atoms with Crippen molar-refractivity contribution in [3.8, 4) is 0 Å². The van der Waals surface area contributed by atoms with Gasteiger partial charge in [-0.1, -0.05) is 0 Å². The van der Waals surface area contributed by atoms with Crippen molar-refractivity contribution >= 4 is 10.0 Å². The lowest BCUT2D eigenvalue weighted by Gasteiger charge is -2.49. The summed E-state index contributed by atoms with van der Waals surface area (Å²) in [5.74, 6) is -2.38. The molecule has 218 valence electrons. The van der Waals surface area contributed by atoms with Crippen LogP contribution in [0.4, 0.5) is 0 Å². The summed E-state index contributed by atoms with van der Waals surface area (Å²) >= 11 is 0. The number of hydrogen-bond acceptors (Lipinski definition) is 15. The Bertz CT molecular complexity index is 883. The minimum absolute atomic E-state index is 0.147. The number of nitrogens with one attached hydrogen (secondary N) is 1. The Labute approximate surface area is 214 Å². The van der Waals surface area contributed by atoms with Gasteiger partial charge in [-0.15, -0.1) is 0 Å². The summed E-state index contributed by atoms with van der Waals surface area (Å²) in [4.78, 5) is 0. The lowest BCUT2D eigenvalue weighted by atomic mass is 9.84. The Morgan fingerprint density at radius 1 is 1.05 bits per heavy atom. The Morgan fingerprint density at radius 2 is 1.68 bits per heavy atom. The van der Waals surface area contributed by atoms with E-state index < -0.39 is 108 Å². The van der Waals surface area contributed by atoms with Crippen molar-refractivity contribution in [2.75, 3.05) is 12.9 Å². The first-order chi connectivity index (χ1) is 17.0. The molecule has 2 saturated heterocycles. The fourth-order valence-electron chi connectivity index (χ4n) is 4.95. The van der Waals surface area contributed by atoms with Gasteiger partial charge in [0.15, 0.2) is 6.29 Å². The Hall–Kier alpha value is -0.610. The molecule has 13 N–H and O–H groups in total. The minimum Gasteiger partial charge on any atom is -0.391 e. The maximum atomic E-state index is 11.9. The van der Waals surface area contributed by atoms with Gasteiger partial charge in [0.1, 0.15) is 49.3 Å². The van der Waals surface area contributed by atoms with Gasteiger partial charge in [0.2, 0.25) is 15.8 Å². The molecule has 0 aromatic rings. The molecule has 0 radical (unpaired) electrons. The van der Waals surface area contributed by atoms with E-state index in [9.17, 15) is 39.1 Å². The molecule has 0 spiro atoms. The second-order valence-corrected chi connectivity index (χ2v) is 12.0. The van der Waals surface area contributed by atoms with Crippen LogP contribution in [0.15, 0.2) is 0 Å². The first kappa shape index (κ1) is 30.9. The van der Waals surface area contributed by atoms with Gasteiger partial charge in [-0.25, -0.2) is 13.1 Å². The van der Waals surface area contributed by atoms with E-state index in [0.717, 1.165) is 6.26 Å². The Morgan fingerprint density at radius 3 is 2.19 bits per heavy atom. The van der Waals surface area contributed by atoms with Crippen molar-refractivity contribution in [1.82, 2.24) is 4.72 Å². The van der Waals surface area contributed by atoms with Crippen LogP contribution < -0.4 is 21.9 Å². The van der Waals surface area contributed by atoms with Crippen LogP contribution in [0.25, 0.3) is 0 Å². The third kappa shape index (κ3) is 6.59. The molecule has 7 unspecified atom stereocenters. The molecule has 15 atom stereocenters. The number of sulfonamides is 1. The van der Waals surface area contributed by atoms with Crippen LogP contribution in [-0.4, -0.2) is 143 Å². The normalized spacial score (nSPS) is 49.1. The second kappa shape index (κ2) is 11.5. The number of hydrogen-bond donors (Lipinski definition) is 10. The number of ether oxygens (including phenoxy) is 4. The summed E-state index contributed by atoms with van der Waals surface area (Å²) in [6.07, 6.45) is -13.6. The van der Waals surface area contributed by atoms with Gasteiger partial charge in [-0.3, -0.25) is 0 Å². The van der Waals surface area contributed by atoms with Gasteiger partial charge in [0.25, 0.3) is 0 Å². The number of rotatable bonds is 8. The minimum atomic E-state index is -3.81. The summed E-state index contributed by atoms with van der Waals surface area (Å²) < 4.78 is 48.6. The van der Waals surface area contributed by atoms with Crippen LogP contribution in [0.5, 0.6) is 0 Å². The summed E-state index contributed by atoms with van der Waals surface area (Å²) in [6, 6.07) is -4.24. The standard InChI is InChI=1S/C20H40N4O12S/c1-6(21)14-18(29)20(30,5-33-14)36-17-11(26)9(24-37(3,31)32)4-8(22)16(17)35-19-10(23)12(27)13(28)15(34-19)7(2)25/h6-19,24-30H,4-5,21-23H2,1-3H3/t6-,7+,8?,9+,10?,11?,12?,13-,14+,15?,16+,17?,18?,19+,20+/m0/s1. The van der Waals surface area contributed by atoms with Crippen LogP contribution in [0, 0.1) is 0 Å². The molecule has 17 heteroatoms. The van der Waals surface area contributed by atoms with Crippen molar-refractivity contribution in [3.63, 3.8) is 0 Å². The zero-order valence-electron chi connectivity index (χ0n) is 20.8. The first-order valence-corrected chi connectivity index (χ1v) is 13.8. The fraction of sp³-hybridized carbons (Fsp3) is 1.00. The molecular formula is C20H40N4O12S. The zero-order valence-corrected chi connectivity index (χ0v) is 21.6. The summed E-state index contributed by atoms with van der Waals surface area (Å²) in [5, 5.41) is 63.3. The van der Waals surface area contributed by atoms with Gasteiger partial charge in [0.05, 0.1) is 30.5 Å². The fourth-order valence-corrected chi connectivity index (χ4v) is 5.74. The molecule has 3 aliphatic rings. The lowest BCUT2D eigenvalue weighted by molar-refractivity contribution is -0.333. The quantitative estimate of drug-likeness (QED) is 0.124. The van der Waals surface area contributed by atoms with Crippen molar-refractivity contribution in [1.29, 1.82) is 0 Å². The van der Waals surface area contributed by atoms with Crippen LogP contribution in [0.1, 0.15) is 20.3 Å². The highest BCUT2D eigenvalue weighted by Gasteiger charge is 2.57. The van der Waals surface area contributed by atoms with Gasteiger partial charge >= 0.3 is 0 Å². The highest BCUT2D eigenvalue weighted by Crippen LogP contribution is 2.35. The summed E-state index contributed by atoms with van der Waals surface area (Å²) in [5.41, 5.74) is 18.1. The summed E-state index contributed by atoms with van der Waals surface area (Å²) in [6.45, 7) is 2.33. The molecule has 0 amide bonds. The van der Waals surface area contributed by atoms with E-state index >= 15 is 0 Å². The summed E-state index contributed by atoms with van der Waals surface area (Å²) in [7, 11) is -3.81. The van der Waals surface area contributed by atoms with Crippen molar-refractivity contribution in [3.05, 3.63) is 0 Å². The molecule has 0 aromatic carbocycles. The largest absolute Gasteiger partial charge is 0.391 e. The molecule has 3 rings (SSSR count). The van der Waals surface area contributed by atoms with Crippen LogP contribution in [0.3, 0.4) is 0 Å². The predicted molar refractivity (Wildman–Crippen MR) is 125 cm³/mol. The van der Waals surface area contributed by atoms with E-state index in [1.807, 2.05) is 0 Å². The maximum absolute atomic E-state index is 11.9. The molecule has 2 heterocycles. The van der Waals surface area contributed by atoms with Gasteiger partial charge in [0, 0.05) is 12.1 Å². The monoisotopic (exact) mass is 560 g/mol. The third-order valence-corrected chi connectivity index (χ3v) is 7.68. The second-order valence-electron chi connectivity index (χ2n) is 10.3. The molecule has 0 aromatic heterocycles. The predicted octanol–water partition coefficient (Wildman–Crippen LogP) is -6.28. The zero-order chi connectivity index (χ0) is 28.0. The van der Waals surface area contributed by atoms with Crippen LogP contribution >= 0.6 is 0 Å². The van der Waals surface area contributed by atoms with E-state index in [1.54, 1.807) is 6.92 Å². The molecular weight excluding hydrogens is 520 g/mol. The van der Waals surface area contributed by atoms with Crippen molar-refractivity contribution < 1.29 is 58.0 Å². The van der Waals surface area contributed by atoms with Gasteiger partial charge < -0.3 is 66.8 Å². The van der Waals surface area contributed by atoms with Crippen LogP contribution in [-0.2, 0) is 29.0 Å². The number of aliphatic hydroxyl groups excluding tert-OH is 5.